The fraction of sp³-hybridized carbons (Fsp3) is 0. The second-order valence-corrected chi connectivity index (χ2v) is 4.39. The Morgan fingerprint density at radius 2 is 1.74 bits per heavy atom. The van der Waals surface area contributed by atoms with Crippen molar-refractivity contribution in [3.8, 4) is 0 Å². The second-order valence-electron chi connectivity index (χ2n) is 4.39. The first kappa shape index (κ1) is 11.5. The molecule has 0 saturated carbocycles. The van der Waals surface area contributed by atoms with Gasteiger partial charge in [0.2, 0.25) is 0 Å². The van der Waals surface area contributed by atoms with Crippen molar-refractivity contribution in [1.82, 2.24) is 4.57 Å². The second kappa shape index (κ2) is 4.94. The molecule has 0 aliphatic rings. The predicted molar refractivity (Wildman–Crippen MR) is 79.0 cm³/mol. The maximum atomic E-state index is 10.8. The van der Waals surface area contributed by atoms with Crippen LogP contribution in [0.25, 0.3) is 23.2 Å². The number of aromatic nitrogens is 1. The van der Waals surface area contributed by atoms with E-state index in [0.717, 1.165) is 22.8 Å². The Morgan fingerprint density at radius 1 is 0.895 bits per heavy atom. The van der Waals surface area contributed by atoms with Gasteiger partial charge in [0.05, 0.1) is 5.52 Å². The zero-order valence-corrected chi connectivity index (χ0v) is 10.4. The number of nitrogens with zero attached hydrogens (tertiary/aromatic N) is 1. The molecule has 0 amide bonds. The van der Waals surface area contributed by atoms with Crippen LogP contribution in [-0.4, -0.2) is 10.9 Å². The van der Waals surface area contributed by atoms with Crippen LogP contribution >= 0.6 is 0 Å². The van der Waals surface area contributed by atoms with Gasteiger partial charge in [-0.1, -0.05) is 42.5 Å². The molecule has 1 aromatic heterocycles. The van der Waals surface area contributed by atoms with Crippen LogP contribution in [0.5, 0.6) is 0 Å². The van der Waals surface area contributed by atoms with Crippen molar-refractivity contribution in [3.63, 3.8) is 0 Å². The average Bonchev–Trinajstić information content (AvgIpc) is 2.88. The Kier molecular flexibility index (Phi) is 2.99. The summed E-state index contributed by atoms with van der Waals surface area (Å²) in [6.07, 6.45) is 6.93. The molecule has 0 aliphatic carbocycles. The van der Waals surface area contributed by atoms with Crippen LogP contribution in [0.1, 0.15) is 15.9 Å². The van der Waals surface area contributed by atoms with Crippen LogP contribution in [0.2, 0.25) is 0 Å². The molecule has 0 unspecified atom stereocenters. The van der Waals surface area contributed by atoms with Crippen molar-refractivity contribution in [3.05, 3.63) is 71.9 Å². The monoisotopic (exact) mass is 247 g/mol. The van der Waals surface area contributed by atoms with E-state index in [4.69, 9.17) is 0 Å². The molecule has 2 nitrogen and oxygen atoms in total. The van der Waals surface area contributed by atoms with Gasteiger partial charge < -0.3 is 4.57 Å². The van der Waals surface area contributed by atoms with E-state index in [1.54, 1.807) is 0 Å². The van der Waals surface area contributed by atoms with Crippen LogP contribution < -0.4 is 0 Å². The van der Waals surface area contributed by atoms with E-state index in [9.17, 15) is 4.79 Å². The third-order valence-corrected chi connectivity index (χ3v) is 3.11. The summed E-state index contributed by atoms with van der Waals surface area (Å²) in [6.45, 7) is 0. The highest BCUT2D eigenvalue weighted by Crippen LogP contribution is 2.18. The highest BCUT2D eigenvalue weighted by Gasteiger charge is 1.99. The first-order valence-corrected chi connectivity index (χ1v) is 6.16. The number of rotatable bonds is 3. The molecule has 0 radical (unpaired) electrons. The lowest BCUT2D eigenvalue weighted by Crippen LogP contribution is -1.85. The standard InChI is InChI=1S/C17H13NO/c19-13-15-6-7-16-9-11-18(17(16)12-15)10-8-14-4-2-1-3-5-14/h1-13H. The molecule has 92 valence electrons. The van der Waals surface area contributed by atoms with Crippen molar-refractivity contribution in [2.75, 3.05) is 0 Å². The summed E-state index contributed by atoms with van der Waals surface area (Å²) in [4.78, 5) is 10.8. The summed E-state index contributed by atoms with van der Waals surface area (Å²) in [6, 6.07) is 17.9. The molecule has 1 heterocycles. The van der Waals surface area contributed by atoms with Crippen LogP contribution in [0.15, 0.2) is 60.8 Å². The van der Waals surface area contributed by atoms with E-state index >= 15 is 0 Å². The molecule has 3 aromatic rings. The van der Waals surface area contributed by atoms with Gasteiger partial charge in [0.1, 0.15) is 6.29 Å². The maximum Gasteiger partial charge on any atom is 0.150 e. The van der Waals surface area contributed by atoms with Gasteiger partial charge in [0.25, 0.3) is 0 Å². The lowest BCUT2D eigenvalue weighted by Gasteiger charge is -1.99. The van der Waals surface area contributed by atoms with Crippen LogP contribution in [0.4, 0.5) is 0 Å². The average molecular weight is 247 g/mol. The summed E-state index contributed by atoms with van der Waals surface area (Å²) < 4.78 is 2.02. The molecule has 0 aliphatic heterocycles. The van der Waals surface area contributed by atoms with Gasteiger partial charge in [-0.05, 0) is 29.2 Å². The molecule has 0 N–H and O–H groups in total. The molecule has 0 spiro atoms. The predicted octanol–water partition coefficient (Wildman–Crippen LogP) is 4.08. The number of carbonyl (C=O) groups excluding carboxylic acids is 1. The minimum absolute atomic E-state index is 0.695. The first-order valence-electron chi connectivity index (χ1n) is 6.16. The van der Waals surface area contributed by atoms with Gasteiger partial charge in [-0.3, -0.25) is 4.79 Å². The highest BCUT2D eigenvalue weighted by atomic mass is 16.1. The summed E-state index contributed by atoms with van der Waals surface area (Å²) in [5.41, 5.74) is 2.88. The van der Waals surface area contributed by atoms with Crippen molar-refractivity contribution < 1.29 is 4.79 Å². The Morgan fingerprint density at radius 3 is 2.53 bits per heavy atom. The summed E-state index contributed by atoms with van der Waals surface area (Å²) in [5.74, 6) is 0. The van der Waals surface area contributed by atoms with Crippen molar-refractivity contribution in [1.29, 1.82) is 0 Å². The summed E-state index contributed by atoms with van der Waals surface area (Å²) in [7, 11) is 0. The van der Waals surface area contributed by atoms with Gasteiger partial charge in [0, 0.05) is 18.0 Å². The number of fused-ring (bicyclic) bond motifs is 1. The molecular formula is C17H13NO. The van der Waals surface area contributed by atoms with E-state index in [1.807, 2.05) is 65.5 Å². The smallest absolute Gasteiger partial charge is 0.150 e. The van der Waals surface area contributed by atoms with Crippen LogP contribution in [0, 0.1) is 0 Å². The molecule has 0 bridgehead atoms. The van der Waals surface area contributed by atoms with E-state index in [1.165, 1.54) is 0 Å². The van der Waals surface area contributed by atoms with E-state index < -0.39 is 0 Å². The topological polar surface area (TPSA) is 22.0 Å². The molecule has 2 heteroatoms. The molecular weight excluding hydrogens is 234 g/mol. The molecule has 2 aromatic carbocycles. The fourth-order valence-corrected chi connectivity index (χ4v) is 2.10. The van der Waals surface area contributed by atoms with E-state index in [0.29, 0.717) is 5.56 Å². The lowest BCUT2D eigenvalue weighted by molar-refractivity contribution is 0.112. The van der Waals surface area contributed by atoms with Gasteiger partial charge in [-0.2, -0.15) is 0 Å². The maximum absolute atomic E-state index is 10.8. The third-order valence-electron chi connectivity index (χ3n) is 3.11. The minimum atomic E-state index is 0.695. The minimum Gasteiger partial charge on any atom is -0.323 e. The van der Waals surface area contributed by atoms with E-state index in [-0.39, 0.29) is 0 Å². The zero-order valence-electron chi connectivity index (χ0n) is 10.4. The lowest BCUT2D eigenvalue weighted by atomic mass is 10.2. The van der Waals surface area contributed by atoms with Crippen molar-refractivity contribution >= 4 is 29.5 Å². The number of hydrogen-bond acceptors (Lipinski definition) is 1. The highest BCUT2D eigenvalue weighted by molar-refractivity contribution is 5.89. The molecule has 0 atom stereocenters. The Bertz CT molecular complexity index is 738. The van der Waals surface area contributed by atoms with Crippen LogP contribution in [-0.2, 0) is 0 Å². The zero-order chi connectivity index (χ0) is 13.1. The van der Waals surface area contributed by atoms with Crippen molar-refractivity contribution in [2.24, 2.45) is 0 Å². The SMILES string of the molecule is O=Cc1ccc2ccn(C=Cc3ccccc3)c2c1. The number of aldehydes is 1. The Balaban J connectivity index is 2.01. The summed E-state index contributed by atoms with van der Waals surface area (Å²) >= 11 is 0. The van der Waals surface area contributed by atoms with Gasteiger partial charge in [-0.25, -0.2) is 0 Å². The molecule has 3 rings (SSSR count). The molecule has 0 fully saturated rings. The number of benzene rings is 2. The fourth-order valence-electron chi connectivity index (χ4n) is 2.10. The van der Waals surface area contributed by atoms with Crippen molar-refractivity contribution in [2.45, 2.75) is 0 Å². The van der Waals surface area contributed by atoms with Gasteiger partial charge in [0.15, 0.2) is 0 Å². The summed E-state index contributed by atoms with van der Waals surface area (Å²) in [5, 5.41) is 1.13. The van der Waals surface area contributed by atoms with E-state index in [2.05, 4.69) is 12.1 Å². The van der Waals surface area contributed by atoms with Gasteiger partial charge in [-0.15, -0.1) is 0 Å². The molecule has 0 saturated heterocycles. The Hall–Kier alpha value is -2.61. The first-order chi connectivity index (χ1) is 9.36. The van der Waals surface area contributed by atoms with Gasteiger partial charge >= 0.3 is 0 Å². The Labute approximate surface area is 111 Å². The quantitative estimate of drug-likeness (QED) is 0.639. The number of carbonyl (C=O) groups is 1. The largest absolute Gasteiger partial charge is 0.323 e. The third kappa shape index (κ3) is 2.33. The van der Waals surface area contributed by atoms with Crippen LogP contribution in [0.3, 0.4) is 0 Å². The normalized spacial score (nSPS) is 11.2. The molecule has 19 heavy (non-hydrogen) atoms. The number of hydrogen-bond donors (Lipinski definition) is 0.